The molecule has 0 radical (unpaired) electrons. The molecule has 0 saturated carbocycles. The highest BCUT2D eigenvalue weighted by molar-refractivity contribution is 7.13. The number of pyridine rings is 1. The Bertz CT molecular complexity index is 1740. The molecule has 0 spiro atoms. The summed E-state index contributed by atoms with van der Waals surface area (Å²) >= 11 is 1.54. The van der Waals surface area contributed by atoms with Gasteiger partial charge < -0.3 is 9.47 Å². The lowest BCUT2D eigenvalue weighted by Crippen LogP contribution is -2.07. The molecular formula is C31H22N2O3S. The van der Waals surface area contributed by atoms with Crippen molar-refractivity contribution in [3.05, 3.63) is 114 Å². The van der Waals surface area contributed by atoms with Crippen molar-refractivity contribution in [2.24, 2.45) is 0 Å². The van der Waals surface area contributed by atoms with Crippen molar-refractivity contribution in [3.8, 4) is 27.6 Å². The van der Waals surface area contributed by atoms with Crippen molar-refractivity contribution < 1.29 is 14.3 Å². The number of hydrogen-bond donors (Lipinski definition) is 0. The van der Waals surface area contributed by atoms with Gasteiger partial charge in [-0.3, -0.25) is 0 Å². The van der Waals surface area contributed by atoms with Gasteiger partial charge in [0.25, 0.3) is 0 Å². The molecule has 0 unspecified atom stereocenters. The van der Waals surface area contributed by atoms with Gasteiger partial charge in [0, 0.05) is 21.9 Å². The van der Waals surface area contributed by atoms with Gasteiger partial charge in [0.1, 0.15) is 17.4 Å². The van der Waals surface area contributed by atoms with Crippen LogP contribution in [0, 0.1) is 0 Å². The molecule has 5 nitrogen and oxygen atoms in total. The van der Waals surface area contributed by atoms with E-state index in [0.717, 1.165) is 49.3 Å². The van der Waals surface area contributed by atoms with Gasteiger partial charge in [0.15, 0.2) is 0 Å². The van der Waals surface area contributed by atoms with Gasteiger partial charge in [0.05, 0.1) is 29.6 Å². The van der Waals surface area contributed by atoms with Crippen molar-refractivity contribution in [1.29, 1.82) is 0 Å². The number of thiazole rings is 1. The number of ether oxygens (including phenoxy) is 2. The van der Waals surface area contributed by atoms with Crippen LogP contribution in [0.3, 0.4) is 0 Å². The third-order valence-corrected chi connectivity index (χ3v) is 7.14. The molecule has 0 bridgehead atoms. The molecule has 180 valence electrons. The van der Waals surface area contributed by atoms with Gasteiger partial charge in [-0.1, -0.05) is 66.7 Å². The second-order valence-corrected chi connectivity index (χ2v) is 9.44. The summed E-state index contributed by atoms with van der Waals surface area (Å²) in [6.07, 6.45) is 0. The third kappa shape index (κ3) is 4.67. The van der Waals surface area contributed by atoms with E-state index in [1.54, 1.807) is 7.11 Å². The normalized spacial score (nSPS) is 11.1. The molecule has 0 aliphatic rings. The fourth-order valence-electron chi connectivity index (χ4n) is 4.31. The fourth-order valence-corrected chi connectivity index (χ4v) is 5.12. The molecule has 0 fully saturated rings. The summed E-state index contributed by atoms with van der Waals surface area (Å²) in [7, 11) is 1.66. The minimum atomic E-state index is -0.403. The Kier molecular flexibility index (Phi) is 6.08. The molecular weight excluding hydrogens is 480 g/mol. The summed E-state index contributed by atoms with van der Waals surface area (Å²) in [6.45, 7) is 0.103. The number of para-hydroxylation sites is 1. The van der Waals surface area contributed by atoms with Crippen LogP contribution in [0.25, 0.3) is 43.5 Å². The van der Waals surface area contributed by atoms with E-state index in [-0.39, 0.29) is 6.61 Å². The smallest absolute Gasteiger partial charge is 0.339 e. The summed E-state index contributed by atoms with van der Waals surface area (Å²) in [6, 6.07) is 31.5. The topological polar surface area (TPSA) is 61.3 Å². The van der Waals surface area contributed by atoms with Crippen molar-refractivity contribution in [2.75, 3.05) is 7.11 Å². The molecule has 4 aromatic carbocycles. The monoisotopic (exact) mass is 502 g/mol. The van der Waals surface area contributed by atoms with Gasteiger partial charge in [0.2, 0.25) is 0 Å². The largest absolute Gasteiger partial charge is 0.497 e. The Balaban J connectivity index is 1.30. The van der Waals surface area contributed by atoms with Crippen LogP contribution < -0.4 is 4.74 Å². The Hall–Kier alpha value is -4.55. The molecule has 2 heterocycles. The number of benzene rings is 4. The van der Waals surface area contributed by atoms with Gasteiger partial charge in [-0.15, -0.1) is 11.3 Å². The first-order valence-corrected chi connectivity index (χ1v) is 12.7. The lowest BCUT2D eigenvalue weighted by Gasteiger charge is -2.11. The Morgan fingerprint density at radius 2 is 1.59 bits per heavy atom. The summed E-state index contributed by atoms with van der Waals surface area (Å²) in [4.78, 5) is 22.8. The molecule has 0 atom stereocenters. The second-order valence-electron chi connectivity index (χ2n) is 8.59. The lowest BCUT2D eigenvalue weighted by molar-refractivity contribution is 0.0471. The number of esters is 1. The average molecular weight is 503 g/mol. The SMILES string of the molecule is COc1ccc2cc(-c3cc(C(=O)OCc4csc(-c5ccccc5)n4)c4ccccc4n3)ccc2c1. The van der Waals surface area contributed by atoms with Crippen LogP contribution in [0.1, 0.15) is 16.1 Å². The summed E-state index contributed by atoms with van der Waals surface area (Å²) in [5, 5.41) is 5.72. The minimum absolute atomic E-state index is 0.103. The van der Waals surface area contributed by atoms with Gasteiger partial charge in [-0.2, -0.15) is 0 Å². The first-order chi connectivity index (χ1) is 18.2. The summed E-state index contributed by atoms with van der Waals surface area (Å²) in [5.74, 6) is 0.407. The first-order valence-electron chi connectivity index (χ1n) is 11.8. The highest BCUT2D eigenvalue weighted by Crippen LogP contribution is 2.30. The molecule has 37 heavy (non-hydrogen) atoms. The van der Waals surface area contributed by atoms with Gasteiger partial charge in [-0.05, 0) is 41.1 Å². The van der Waals surface area contributed by atoms with Crippen LogP contribution in [-0.4, -0.2) is 23.0 Å². The van der Waals surface area contributed by atoms with Crippen molar-refractivity contribution >= 4 is 39.0 Å². The van der Waals surface area contributed by atoms with Crippen molar-refractivity contribution in [2.45, 2.75) is 6.61 Å². The number of methoxy groups -OCH3 is 1. The maximum absolute atomic E-state index is 13.3. The van der Waals surface area contributed by atoms with Gasteiger partial charge >= 0.3 is 5.97 Å². The molecule has 6 rings (SSSR count). The molecule has 0 aliphatic heterocycles. The number of aromatic nitrogens is 2. The maximum atomic E-state index is 13.3. The molecule has 0 N–H and O–H groups in total. The van der Waals surface area contributed by atoms with E-state index in [1.807, 2.05) is 96.4 Å². The van der Waals surface area contributed by atoms with Crippen LogP contribution in [0.15, 0.2) is 102 Å². The van der Waals surface area contributed by atoms with Crippen molar-refractivity contribution in [3.63, 3.8) is 0 Å². The van der Waals surface area contributed by atoms with E-state index < -0.39 is 5.97 Å². The van der Waals surface area contributed by atoms with Crippen LogP contribution in [0.4, 0.5) is 0 Å². The summed E-state index contributed by atoms with van der Waals surface area (Å²) in [5.41, 5.74) is 4.62. The van der Waals surface area contributed by atoms with Crippen LogP contribution >= 0.6 is 11.3 Å². The number of fused-ring (bicyclic) bond motifs is 2. The molecule has 6 aromatic rings. The van der Waals surface area contributed by atoms with Crippen LogP contribution in [0.2, 0.25) is 0 Å². The van der Waals surface area contributed by atoms with Crippen molar-refractivity contribution in [1.82, 2.24) is 9.97 Å². The van der Waals surface area contributed by atoms with E-state index in [1.165, 1.54) is 11.3 Å². The first kappa shape index (κ1) is 22.9. The Morgan fingerprint density at radius 1 is 0.811 bits per heavy atom. The van der Waals surface area contributed by atoms with Crippen LogP contribution in [0.5, 0.6) is 5.75 Å². The Labute approximate surface area is 218 Å². The number of carbonyl (C=O) groups is 1. The molecule has 0 amide bonds. The Morgan fingerprint density at radius 3 is 2.46 bits per heavy atom. The molecule has 2 aromatic heterocycles. The predicted molar refractivity (Wildman–Crippen MR) is 148 cm³/mol. The number of nitrogens with zero attached hydrogens (tertiary/aromatic N) is 2. The number of carbonyl (C=O) groups excluding carboxylic acids is 1. The molecule has 0 aliphatic carbocycles. The van der Waals surface area contributed by atoms with E-state index in [0.29, 0.717) is 11.3 Å². The zero-order chi connectivity index (χ0) is 25.2. The quantitative estimate of drug-likeness (QED) is 0.220. The van der Waals surface area contributed by atoms with E-state index in [4.69, 9.17) is 14.5 Å². The second kappa shape index (κ2) is 9.84. The standard InChI is InChI=1S/C31H22N2O3S/c1-35-25-14-13-21-15-23(12-11-22(21)16-25)29-17-27(26-9-5-6-10-28(26)33-29)31(34)36-18-24-19-37-30(32-24)20-7-3-2-4-8-20/h2-17,19H,18H2,1H3. The zero-order valence-electron chi connectivity index (χ0n) is 20.0. The van der Waals surface area contributed by atoms with Crippen LogP contribution in [-0.2, 0) is 11.3 Å². The number of rotatable bonds is 6. The predicted octanol–water partition coefficient (Wildman–Crippen LogP) is 7.54. The van der Waals surface area contributed by atoms with E-state index >= 15 is 0 Å². The molecule has 0 saturated heterocycles. The highest BCUT2D eigenvalue weighted by Gasteiger charge is 2.16. The maximum Gasteiger partial charge on any atom is 0.339 e. The minimum Gasteiger partial charge on any atom is -0.497 e. The van der Waals surface area contributed by atoms with E-state index in [2.05, 4.69) is 11.1 Å². The number of hydrogen-bond acceptors (Lipinski definition) is 6. The lowest BCUT2D eigenvalue weighted by atomic mass is 10.0. The highest BCUT2D eigenvalue weighted by atomic mass is 32.1. The molecule has 6 heteroatoms. The fraction of sp³-hybridized carbons (Fsp3) is 0.0645. The zero-order valence-corrected chi connectivity index (χ0v) is 20.9. The van der Waals surface area contributed by atoms with E-state index in [9.17, 15) is 4.79 Å². The summed E-state index contributed by atoms with van der Waals surface area (Å²) < 4.78 is 11.1. The average Bonchev–Trinajstić information content (AvgIpc) is 3.44. The third-order valence-electron chi connectivity index (χ3n) is 6.20. The van der Waals surface area contributed by atoms with Gasteiger partial charge in [-0.25, -0.2) is 14.8 Å².